The topological polar surface area (TPSA) is 62.7 Å². The molecule has 2 rings (SSSR count). The van der Waals surface area contributed by atoms with Gasteiger partial charge in [0.1, 0.15) is 22.5 Å². The monoisotopic (exact) mass is 277 g/mol. The number of anilines is 2. The van der Waals surface area contributed by atoms with Crippen LogP contribution in [0.5, 0.6) is 0 Å². The molecule has 102 valence electrons. The van der Waals surface area contributed by atoms with E-state index in [2.05, 4.69) is 44.8 Å². The molecule has 2 aromatic heterocycles. The van der Waals surface area contributed by atoms with E-state index in [1.54, 1.807) is 11.3 Å². The summed E-state index contributed by atoms with van der Waals surface area (Å²) in [6.07, 6.45) is 0. The molecule has 0 unspecified atom stereocenters. The van der Waals surface area contributed by atoms with Gasteiger partial charge in [-0.2, -0.15) is 0 Å². The summed E-state index contributed by atoms with van der Waals surface area (Å²) in [5.41, 5.74) is 1.06. The highest BCUT2D eigenvalue weighted by atomic mass is 32.1. The zero-order valence-corrected chi connectivity index (χ0v) is 12.5. The molecule has 0 fully saturated rings. The summed E-state index contributed by atoms with van der Waals surface area (Å²) in [5.74, 6) is 2.80. The molecular formula is C13H19N5S. The lowest BCUT2D eigenvalue weighted by Gasteiger charge is -2.10. The van der Waals surface area contributed by atoms with Crippen molar-refractivity contribution in [2.75, 3.05) is 17.7 Å². The summed E-state index contributed by atoms with van der Waals surface area (Å²) < 4.78 is 0. The number of nitrogens with one attached hydrogen (secondary N) is 2. The highest BCUT2D eigenvalue weighted by Crippen LogP contribution is 2.18. The molecule has 5 nitrogen and oxygen atoms in total. The fourth-order valence-electron chi connectivity index (χ4n) is 1.59. The second kappa shape index (κ2) is 5.97. The van der Waals surface area contributed by atoms with Crippen LogP contribution < -0.4 is 10.6 Å². The second-order valence-corrected chi connectivity index (χ2v) is 5.58. The number of rotatable bonds is 5. The maximum absolute atomic E-state index is 4.52. The Kier molecular flexibility index (Phi) is 4.31. The maximum atomic E-state index is 4.52. The number of aryl methyl sites for hydroxylation is 1. The average Bonchev–Trinajstić information content (AvgIpc) is 2.81. The van der Waals surface area contributed by atoms with Crippen molar-refractivity contribution in [3.63, 3.8) is 0 Å². The Bertz CT molecular complexity index is 550. The Labute approximate surface area is 117 Å². The van der Waals surface area contributed by atoms with Gasteiger partial charge >= 0.3 is 0 Å². The van der Waals surface area contributed by atoms with Crippen LogP contribution >= 0.6 is 11.3 Å². The van der Waals surface area contributed by atoms with E-state index in [1.807, 2.05) is 20.0 Å². The standard InChI is InChI=1S/C13H19N5S/c1-8(2)13-17-10(14-4)5-11(18-13)15-6-12-16-9(3)7-19-12/h5,7-8H,6H2,1-4H3,(H2,14,15,17,18). The van der Waals surface area contributed by atoms with E-state index < -0.39 is 0 Å². The lowest BCUT2D eigenvalue weighted by Crippen LogP contribution is -2.07. The molecule has 19 heavy (non-hydrogen) atoms. The Morgan fingerprint density at radius 2 is 1.95 bits per heavy atom. The first-order valence-corrected chi connectivity index (χ1v) is 7.18. The van der Waals surface area contributed by atoms with Gasteiger partial charge in [-0.1, -0.05) is 13.8 Å². The summed E-state index contributed by atoms with van der Waals surface area (Å²) >= 11 is 1.66. The second-order valence-electron chi connectivity index (χ2n) is 4.64. The molecule has 2 N–H and O–H groups in total. The zero-order chi connectivity index (χ0) is 13.8. The summed E-state index contributed by atoms with van der Waals surface area (Å²) in [6.45, 7) is 6.86. The molecular weight excluding hydrogens is 258 g/mol. The van der Waals surface area contributed by atoms with Crippen molar-refractivity contribution in [1.82, 2.24) is 15.0 Å². The van der Waals surface area contributed by atoms with Crippen LogP contribution in [0.25, 0.3) is 0 Å². The van der Waals surface area contributed by atoms with Gasteiger partial charge in [-0.25, -0.2) is 15.0 Å². The van der Waals surface area contributed by atoms with Crippen LogP contribution in [0.15, 0.2) is 11.4 Å². The molecule has 0 amide bonds. The van der Waals surface area contributed by atoms with E-state index in [1.165, 1.54) is 0 Å². The highest BCUT2D eigenvalue weighted by molar-refractivity contribution is 7.09. The van der Waals surface area contributed by atoms with E-state index in [0.29, 0.717) is 12.5 Å². The average molecular weight is 277 g/mol. The number of nitrogens with zero attached hydrogens (tertiary/aromatic N) is 3. The van der Waals surface area contributed by atoms with Crippen molar-refractivity contribution < 1.29 is 0 Å². The number of thiazole rings is 1. The van der Waals surface area contributed by atoms with Gasteiger partial charge in [-0.15, -0.1) is 11.3 Å². The van der Waals surface area contributed by atoms with Crippen molar-refractivity contribution >= 4 is 23.0 Å². The van der Waals surface area contributed by atoms with E-state index in [0.717, 1.165) is 28.2 Å². The number of hydrogen-bond donors (Lipinski definition) is 2. The highest BCUT2D eigenvalue weighted by Gasteiger charge is 2.08. The summed E-state index contributed by atoms with van der Waals surface area (Å²) in [6, 6.07) is 1.91. The first-order chi connectivity index (χ1) is 9.08. The minimum atomic E-state index is 0.302. The largest absolute Gasteiger partial charge is 0.373 e. The van der Waals surface area contributed by atoms with Gasteiger partial charge in [0.25, 0.3) is 0 Å². The van der Waals surface area contributed by atoms with Gasteiger partial charge in [-0.05, 0) is 6.92 Å². The Hall–Kier alpha value is -1.69. The Morgan fingerprint density at radius 3 is 2.53 bits per heavy atom. The molecule has 2 heterocycles. The molecule has 2 aromatic rings. The third kappa shape index (κ3) is 3.64. The molecule has 0 radical (unpaired) electrons. The Morgan fingerprint density at radius 1 is 1.21 bits per heavy atom. The van der Waals surface area contributed by atoms with Crippen LogP contribution in [0.3, 0.4) is 0 Å². The minimum absolute atomic E-state index is 0.302. The maximum Gasteiger partial charge on any atom is 0.135 e. The molecule has 0 atom stereocenters. The fraction of sp³-hybridized carbons (Fsp3) is 0.462. The first-order valence-electron chi connectivity index (χ1n) is 6.30. The zero-order valence-electron chi connectivity index (χ0n) is 11.7. The van der Waals surface area contributed by atoms with E-state index in [4.69, 9.17) is 0 Å². The lowest BCUT2D eigenvalue weighted by atomic mass is 10.2. The van der Waals surface area contributed by atoms with Crippen LogP contribution in [-0.4, -0.2) is 22.0 Å². The third-order valence-electron chi connectivity index (χ3n) is 2.60. The number of hydrogen-bond acceptors (Lipinski definition) is 6. The van der Waals surface area contributed by atoms with Gasteiger partial charge in [-0.3, -0.25) is 0 Å². The molecule has 0 saturated carbocycles. The van der Waals surface area contributed by atoms with Crippen LogP contribution in [0.1, 0.15) is 36.3 Å². The van der Waals surface area contributed by atoms with Gasteiger partial charge in [0, 0.05) is 30.1 Å². The minimum Gasteiger partial charge on any atom is -0.373 e. The van der Waals surface area contributed by atoms with E-state index >= 15 is 0 Å². The molecule has 0 bridgehead atoms. The molecule has 0 saturated heterocycles. The Balaban J connectivity index is 2.12. The van der Waals surface area contributed by atoms with Crippen LogP contribution in [0.2, 0.25) is 0 Å². The normalized spacial score (nSPS) is 10.8. The molecule has 0 spiro atoms. The quantitative estimate of drug-likeness (QED) is 0.879. The van der Waals surface area contributed by atoms with Gasteiger partial charge in [0.15, 0.2) is 0 Å². The van der Waals surface area contributed by atoms with Crippen molar-refractivity contribution in [2.45, 2.75) is 33.2 Å². The van der Waals surface area contributed by atoms with Crippen LogP contribution in [0.4, 0.5) is 11.6 Å². The van der Waals surface area contributed by atoms with Gasteiger partial charge < -0.3 is 10.6 Å². The van der Waals surface area contributed by atoms with Gasteiger partial charge in [0.2, 0.25) is 0 Å². The smallest absolute Gasteiger partial charge is 0.135 e. The first kappa shape index (κ1) is 13.7. The predicted octanol–water partition coefficient (Wildman–Crippen LogP) is 3.02. The SMILES string of the molecule is CNc1cc(NCc2nc(C)cs2)nc(C(C)C)n1. The van der Waals surface area contributed by atoms with Gasteiger partial charge in [0.05, 0.1) is 6.54 Å². The van der Waals surface area contributed by atoms with Crippen molar-refractivity contribution in [2.24, 2.45) is 0 Å². The fourth-order valence-corrected chi connectivity index (χ4v) is 2.30. The van der Waals surface area contributed by atoms with E-state index in [9.17, 15) is 0 Å². The summed E-state index contributed by atoms with van der Waals surface area (Å²) in [5, 5.41) is 9.48. The molecule has 0 aromatic carbocycles. The predicted molar refractivity (Wildman–Crippen MR) is 79.8 cm³/mol. The van der Waals surface area contributed by atoms with Crippen molar-refractivity contribution in [1.29, 1.82) is 0 Å². The van der Waals surface area contributed by atoms with Crippen LogP contribution in [-0.2, 0) is 6.54 Å². The van der Waals surface area contributed by atoms with Crippen molar-refractivity contribution in [3.8, 4) is 0 Å². The van der Waals surface area contributed by atoms with Crippen LogP contribution in [0, 0.1) is 6.92 Å². The molecule has 0 aliphatic heterocycles. The third-order valence-corrected chi connectivity index (χ3v) is 3.57. The molecule has 6 heteroatoms. The van der Waals surface area contributed by atoms with E-state index in [-0.39, 0.29) is 0 Å². The lowest BCUT2D eigenvalue weighted by molar-refractivity contribution is 0.776. The molecule has 0 aliphatic carbocycles. The molecule has 0 aliphatic rings. The number of aromatic nitrogens is 3. The summed E-state index contributed by atoms with van der Waals surface area (Å²) in [4.78, 5) is 13.4. The summed E-state index contributed by atoms with van der Waals surface area (Å²) in [7, 11) is 1.86. The van der Waals surface area contributed by atoms with Crippen molar-refractivity contribution in [3.05, 3.63) is 28.0 Å².